The fourth-order valence-corrected chi connectivity index (χ4v) is 7.58. The molecule has 7 nitrogen and oxygen atoms in total. The van der Waals surface area contributed by atoms with Gasteiger partial charge in [-0.1, -0.05) is 88.4 Å². The number of benzene rings is 3. The van der Waals surface area contributed by atoms with Crippen molar-refractivity contribution in [1.29, 1.82) is 0 Å². The maximum atomic E-state index is 16.1. The number of nitrogens with zero attached hydrogens (tertiary/aromatic N) is 2. The summed E-state index contributed by atoms with van der Waals surface area (Å²) >= 11 is 1.26. The average molecular weight is 722 g/mol. The summed E-state index contributed by atoms with van der Waals surface area (Å²) < 4.78 is 56.8. The van der Waals surface area contributed by atoms with E-state index in [-0.39, 0.29) is 31.2 Å². The van der Waals surface area contributed by atoms with Crippen LogP contribution in [-0.2, 0) is 27.3 Å². The zero-order valence-corrected chi connectivity index (χ0v) is 30.4. The summed E-state index contributed by atoms with van der Waals surface area (Å²) in [5.41, 5.74) is 1.75. The molecular formula is C40H46F3N3O4S. The Bertz CT molecular complexity index is 1740. The minimum atomic E-state index is -1.50. The van der Waals surface area contributed by atoms with Gasteiger partial charge in [-0.15, -0.1) is 11.3 Å². The summed E-state index contributed by atoms with van der Waals surface area (Å²) in [5.74, 6) is -2.13. The molecule has 1 saturated heterocycles. The van der Waals surface area contributed by atoms with E-state index in [2.05, 4.69) is 5.32 Å². The molecular weight excluding hydrogens is 676 g/mol. The van der Waals surface area contributed by atoms with E-state index in [9.17, 15) is 14.0 Å². The van der Waals surface area contributed by atoms with Gasteiger partial charge in [0.05, 0.1) is 18.3 Å². The number of halogens is 3. The van der Waals surface area contributed by atoms with Crippen molar-refractivity contribution in [3.8, 4) is 10.6 Å². The zero-order valence-electron chi connectivity index (χ0n) is 29.5. The van der Waals surface area contributed by atoms with Gasteiger partial charge < -0.3 is 19.7 Å². The van der Waals surface area contributed by atoms with Crippen molar-refractivity contribution < 1.29 is 32.2 Å². The summed E-state index contributed by atoms with van der Waals surface area (Å²) in [6.07, 6.45) is -0.865. The molecule has 0 saturated carbocycles. The van der Waals surface area contributed by atoms with Gasteiger partial charge in [0.2, 0.25) is 0 Å². The molecule has 1 aliphatic heterocycles. The van der Waals surface area contributed by atoms with E-state index in [1.54, 1.807) is 4.90 Å². The zero-order chi connectivity index (χ0) is 36.5. The molecule has 1 fully saturated rings. The molecule has 1 aliphatic rings. The highest BCUT2D eigenvalue weighted by Gasteiger charge is 2.43. The number of thiazole rings is 1. The first kappa shape index (κ1) is 38.0. The van der Waals surface area contributed by atoms with Gasteiger partial charge in [0.25, 0.3) is 5.91 Å². The fourth-order valence-electron chi connectivity index (χ4n) is 6.44. The molecule has 272 valence electrons. The van der Waals surface area contributed by atoms with E-state index in [1.807, 2.05) is 88.4 Å². The summed E-state index contributed by atoms with van der Waals surface area (Å²) in [5, 5.41) is 2.83. The number of rotatable bonds is 14. The Hall–Kier alpha value is -4.22. The number of carbonyl (C=O) groups is 2. The summed E-state index contributed by atoms with van der Waals surface area (Å²) in [7, 11) is 0. The molecule has 3 aromatic carbocycles. The van der Waals surface area contributed by atoms with Crippen LogP contribution in [0.5, 0.6) is 0 Å². The number of hydrogen-bond donors (Lipinski definition) is 1. The van der Waals surface area contributed by atoms with Crippen LogP contribution in [0.4, 0.5) is 18.0 Å². The third kappa shape index (κ3) is 9.98. The standard InChI is InChI=1S/C40H46F3N3O4S/c1-5-28(32(43)23-44-39(48)50-25-27-15-10-7-11-16-27)24-46(38(47)33-17-12-20-49-33)36(40(2,3)4)35-34(21-26-13-8-6-9-14-26)51-37(45-35)30-22-29(41)18-19-31(30)42/h6-11,13-16,18-19,22,28,32-33,36H,5,12,17,20-21,23-25H2,1-4H3,(H,44,48)/t28-,32-,33?,36-/m0/s1. The second-order valence-electron chi connectivity index (χ2n) is 14.0. The second-order valence-corrected chi connectivity index (χ2v) is 15.1. The summed E-state index contributed by atoms with van der Waals surface area (Å²) in [4.78, 5) is 34.4. The van der Waals surface area contributed by atoms with E-state index >= 15 is 8.78 Å². The van der Waals surface area contributed by atoms with Crippen LogP contribution in [-0.4, -0.2) is 53.9 Å². The van der Waals surface area contributed by atoms with E-state index in [0.717, 1.165) is 40.6 Å². The van der Waals surface area contributed by atoms with E-state index < -0.39 is 47.4 Å². The fraction of sp³-hybridized carbons (Fsp3) is 0.425. The van der Waals surface area contributed by atoms with Crippen LogP contribution in [0.25, 0.3) is 10.6 Å². The molecule has 5 rings (SSSR count). The predicted molar refractivity (Wildman–Crippen MR) is 193 cm³/mol. The maximum Gasteiger partial charge on any atom is 0.407 e. The predicted octanol–water partition coefficient (Wildman–Crippen LogP) is 9.06. The Labute approximate surface area is 302 Å². The van der Waals surface area contributed by atoms with Gasteiger partial charge in [-0.25, -0.2) is 22.9 Å². The van der Waals surface area contributed by atoms with Gasteiger partial charge in [-0.05, 0) is 54.0 Å². The number of aromatic nitrogens is 1. The molecule has 1 N–H and O–H groups in total. The van der Waals surface area contributed by atoms with Crippen molar-refractivity contribution in [2.45, 2.75) is 78.3 Å². The number of ether oxygens (including phenoxy) is 2. The van der Waals surface area contributed by atoms with E-state index in [1.165, 1.54) is 11.3 Å². The smallest absolute Gasteiger partial charge is 0.407 e. The lowest BCUT2D eigenvalue weighted by Crippen LogP contribution is -2.50. The van der Waals surface area contributed by atoms with Crippen molar-refractivity contribution in [3.63, 3.8) is 0 Å². The van der Waals surface area contributed by atoms with Crippen LogP contribution >= 0.6 is 11.3 Å². The molecule has 0 aliphatic carbocycles. The lowest BCUT2D eigenvalue weighted by atomic mass is 9.81. The second kappa shape index (κ2) is 17.3. The van der Waals surface area contributed by atoms with Crippen LogP contribution in [0.15, 0.2) is 78.9 Å². The maximum absolute atomic E-state index is 16.1. The number of amides is 2. The number of hydrogen-bond acceptors (Lipinski definition) is 6. The van der Waals surface area contributed by atoms with Gasteiger partial charge in [0.1, 0.15) is 35.5 Å². The van der Waals surface area contributed by atoms with Crippen LogP contribution in [0, 0.1) is 23.0 Å². The van der Waals surface area contributed by atoms with Gasteiger partial charge in [0.15, 0.2) is 0 Å². The lowest BCUT2D eigenvalue weighted by molar-refractivity contribution is -0.147. The molecule has 1 aromatic heterocycles. The highest BCUT2D eigenvalue weighted by atomic mass is 32.1. The van der Waals surface area contributed by atoms with Crippen LogP contribution in [0.1, 0.15) is 74.7 Å². The van der Waals surface area contributed by atoms with Gasteiger partial charge >= 0.3 is 6.09 Å². The number of nitrogens with one attached hydrogen (secondary N) is 1. The van der Waals surface area contributed by atoms with Gasteiger partial charge in [-0.3, -0.25) is 4.79 Å². The molecule has 0 bridgehead atoms. The van der Waals surface area contributed by atoms with Crippen molar-refractivity contribution in [3.05, 3.63) is 112 Å². The van der Waals surface area contributed by atoms with Crippen molar-refractivity contribution in [2.24, 2.45) is 11.3 Å². The summed E-state index contributed by atoms with van der Waals surface area (Å²) in [6, 6.07) is 21.5. The Morgan fingerprint density at radius 2 is 1.73 bits per heavy atom. The first-order chi connectivity index (χ1) is 24.4. The number of alkyl halides is 1. The highest BCUT2D eigenvalue weighted by molar-refractivity contribution is 7.15. The molecule has 2 amide bonds. The Balaban J connectivity index is 1.48. The average Bonchev–Trinajstić information content (AvgIpc) is 3.80. The third-order valence-electron chi connectivity index (χ3n) is 9.09. The molecule has 11 heteroatoms. The minimum Gasteiger partial charge on any atom is -0.445 e. The Morgan fingerprint density at radius 3 is 2.35 bits per heavy atom. The Kier molecular flexibility index (Phi) is 12.9. The van der Waals surface area contributed by atoms with Gasteiger partial charge in [-0.2, -0.15) is 0 Å². The molecule has 4 atom stereocenters. The minimum absolute atomic E-state index is 0.0189. The first-order valence-corrected chi connectivity index (χ1v) is 18.3. The van der Waals surface area contributed by atoms with Gasteiger partial charge in [0, 0.05) is 35.9 Å². The van der Waals surface area contributed by atoms with E-state index in [4.69, 9.17) is 14.5 Å². The monoisotopic (exact) mass is 721 g/mol. The van der Waals surface area contributed by atoms with Crippen LogP contribution in [0.2, 0.25) is 0 Å². The SMILES string of the molecule is CC[C@@H](CN(C(=O)C1CCCO1)[C@@H](c1nc(-c2cc(F)ccc2F)sc1Cc1ccccc1)C(C)(C)C)[C@@H](F)CNC(=O)OCc1ccccc1. The lowest BCUT2D eigenvalue weighted by Gasteiger charge is -2.42. The molecule has 0 radical (unpaired) electrons. The third-order valence-corrected chi connectivity index (χ3v) is 10.2. The van der Waals surface area contributed by atoms with Crippen LogP contribution in [0.3, 0.4) is 0 Å². The highest BCUT2D eigenvalue weighted by Crippen LogP contribution is 2.44. The first-order valence-electron chi connectivity index (χ1n) is 17.4. The molecule has 0 spiro atoms. The molecule has 4 aromatic rings. The molecule has 1 unspecified atom stereocenters. The number of alkyl carbamates (subject to hydrolysis) is 1. The topological polar surface area (TPSA) is 80.8 Å². The van der Waals surface area contributed by atoms with Crippen LogP contribution < -0.4 is 5.32 Å². The van der Waals surface area contributed by atoms with Crippen molar-refractivity contribution in [2.75, 3.05) is 19.7 Å². The largest absolute Gasteiger partial charge is 0.445 e. The quantitative estimate of drug-likeness (QED) is 0.141. The number of carbonyl (C=O) groups excluding carboxylic acids is 2. The Morgan fingerprint density at radius 1 is 1.04 bits per heavy atom. The normalized spacial score (nSPS) is 16.3. The molecule has 51 heavy (non-hydrogen) atoms. The molecule has 2 heterocycles. The van der Waals surface area contributed by atoms with Crippen molar-refractivity contribution in [1.82, 2.24) is 15.2 Å². The summed E-state index contributed by atoms with van der Waals surface area (Å²) in [6.45, 7) is 8.03. The van der Waals surface area contributed by atoms with E-state index in [0.29, 0.717) is 36.6 Å². The van der Waals surface area contributed by atoms with Crippen molar-refractivity contribution >= 4 is 23.3 Å².